The Morgan fingerprint density at radius 2 is 1.62 bits per heavy atom. The Bertz CT molecular complexity index is 1290. The molecule has 1 unspecified atom stereocenters. The monoisotopic (exact) mass is 568 g/mol. The molecule has 0 bridgehead atoms. The van der Waals surface area contributed by atoms with Crippen LogP contribution in [0.2, 0.25) is 0 Å². The van der Waals surface area contributed by atoms with Crippen molar-refractivity contribution in [2.24, 2.45) is 5.92 Å². The highest BCUT2D eigenvalue weighted by atomic mass is 32.2. The topological polar surface area (TPSA) is 90.0 Å². The smallest absolute Gasteiger partial charge is 0.257 e. The molecule has 5 rings (SSSR count). The van der Waals surface area contributed by atoms with Crippen LogP contribution in [-0.2, 0) is 16.4 Å². The van der Waals surface area contributed by atoms with Gasteiger partial charge in [0.25, 0.3) is 5.91 Å². The molecule has 40 heavy (non-hydrogen) atoms. The summed E-state index contributed by atoms with van der Waals surface area (Å²) in [6.45, 7) is 14.0. The zero-order valence-electron chi connectivity index (χ0n) is 24.6. The molecule has 3 aliphatic heterocycles. The highest BCUT2D eigenvalue weighted by Crippen LogP contribution is 2.34. The summed E-state index contributed by atoms with van der Waals surface area (Å²) in [7, 11) is -3.14. The van der Waals surface area contributed by atoms with E-state index in [-0.39, 0.29) is 11.4 Å². The maximum Gasteiger partial charge on any atom is 0.257 e. The Hall–Kier alpha value is -2.40. The minimum atomic E-state index is -3.14. The number of hydrogen-bond acceptors (Lipinski definition) is 7. The number of carbonyl (C=O) groups is 1. The van der Waals surface area contributed by atoms with Crippen molar-refractivity contribution in [2.75, 3.05) is 52.1 Å². The van der Waals surface area contributed by atoms with Gasteiger partial charge in [0.1, 0.15) is 6.33 Å². The molecule has 0 radical (unpaired) electrons. The minimum Gasteiger partial charge on any atom is -0.338 e. The van der Waals surface area contributed by atoms with Crippen LogP contribution in [0.4, 0.5) is 0 Å². The predicted octanol–water partition coefficient (Wildman–Crippen LogP) is 2.60. The van der Waals surface area contributed by atoms with Gasteiger partial charge in [-0.2, -0.15) is 0 Å². The number of amides is 1. The molecule has 3 fully saturated rings. The first kappa shape index (κ1) is 29.1. The molecule has 218 valence electrons. The van der Waals surface area contributed by atoms with E-state index in [4.69, 9.17) is 0 Å². The summed E-state index contributed by atoms with van der Waals surface area (Å²) in [4.78, 5) is 29.1. The Balaban J connectivity index is 1.23. The van der Waals surface area contributed by atoms with Gasteiger partial charge >= 0.3 is 0 Å². The molecule has 1 aromatic heterocycles. The maximum atomic E-state index is 13.3. The summed E-state index contributed by atoms with van der Waals surface area (Å²) < 4.78 is 25.8. The van der Waals surface area contributed by atoms with E-state index in [0.717, 1.165) is 63.4 Å². The Kier molecular flexibility index (Phi) is 8.34. The predicted molar refractivity (Wildman–Crippen MR) is 157 cm³/mol. The summed E-state index contributed by atoms with van der Waals surface area (Å²) in [5, 5.41) is 0. The quantitative estimate of drug-likeness (QED) is 0.507. The number of sulfonamides is 1. The number of carbonyl (C=O) groups excluding carboxylic acids is 1. The second-order valence-electron chi connectivity index (χ2n) is 12.3. The van der Waals surface area contributed by atoms with Crippen LogP contribution in [0.1, 0.15) is 54.0 Å². The van der Waals surface area contributed by atoms with E-state index in [1.807, 2.05) is 24.8 Å². The Labute approximate surface area is 239 Å². The number of aryl methyl sites for hydroxylation is 2. The number of piperazine rings is 1. The molecular weight excluding hydrogens is 524 g/mol. The van der Waals surface area contributed by atoms with Gasteiger partial charge in [0.05, 0.1) is 23.2 Å². The first-order valence-corrected chi connectivity index (χ1v) is 16.4. The normalized spacial score (nSPS) is 24.0. The SMILES string of the molecule is Cc1ncnc(C)c1C(=O)N1CCC(C)(N2CCN([C@@H](Cc3ccccc3)C3CN(S(C)(=O)=O)C3)C(C)C2)CC1. The minimum absolute atomic E-state index is 0.0447. The van der Waals surface area contributed by atoms with E-state index in [1.54, 1.807) is 4.31 Å². The second-order valence-corrected chi connectivity index (χ2v) is 14.3. The third-order valence-electron chi connectivity index (χ3n) is 9.61. The number of hydrogen-bond donors (Lipinski definition) is 0. The van der Waals surface area contributed by atoms with Crippen LogP contribution in [0.25, 0.3) is 0 Å². The molecular formula is C30H44N6O3S. The number of nitrogens with zero attached hydrogens (tertiary/aromatic N) is 6. The van der Waals surface area contributed by atoms with Crippen LogP contribution >= 0.6 is 0 Å². The molecule has 9 nitrogen and oxygen atoms in total. The van der Waals surface area contributed by atoms with Crippen molar-refractivity contribution in [3.63, 3.8) is 0 Å². The van der Waals surface area contributed by atoms with Crippen LogP contribution in [0, 0.1) is 19.8 Å². The largest absolute Gasteiger partial charge is 0.338 e. The molecule has 3 aliphatic rings. The first-order valence-electron chi connectivity index (χ1n) is 14.5. The van der Waals surface area contributed by atoms with E-state index in [9.17, 15) is 13.2 Å². The number of benzene rings is 1. The van der Waals surface area contributed by atoms with Crippen LogP contribution in [0.3, 0.4) is 0 Å². The summed E-state index contributed by atoms with van der Waals surface area (Å²) in [5.41, 5.74) is 3.48. The number of aromatic nitrogens is 2. The lowest BCUT2D eigenvalue weighted by Gasteiger charge is -2.55. The van der Waals surface area contributed by atoms with Gasteiger partial charge in [-0.3, -0.25) is 14.6 Å². The number of rotatable bonds is 7. The van der Waals surface area contributed by atoms with Crippen molar-refractivity contribution in [1.82, 2.24) is 29.0 Å². The second kappa shape index (κ2) is 11.5. The fourth-order valence-electron chi connectivity index (χ4n) is 6.92. The van der Waals surface area contributed by atoms with Crippen LogP contribution in [0.15, 0.2) is 36.7 Å². The van der Waals surface area contributed by atoms with E-state index in [1.165, 1.54) is 18.1 Å². The van der Waals surface area contributed by atoms with E-state index in [2.05, 4.69) is 57.9 Å². The number of piperidine rings is 1. The van der Waals surface area contributed by atoms with Gasteiger partial charge < -0.3 is 4.90 Å². The Morgan fingerprint density at radius 3 is 2.20 bits per heavy atom. The molecule has 10 heteroatoms. The first-order chi connectivity index (χ1) is 19.0. The molecule has 0 spiro atoms. The fraction of sp³-hybridized carbons (Fsp3) is 0.633. The van der Waals surface area contributed by atoms with Crippen molar-refractivity contribution in [2.45, 2.75) is 64.6 Å². The van der Waals surface area contributed by atoms with Gasteiger partial charge in [-0.05, 0) is 52.5 Å². The van der Waals surface area contributed by atoms with Gasteiger partial charge in [-0.15, -0.1) is 0 Å². The lowest BCUT2D eigenvalue weighted by atomic mass is 9.84. The molecule has 2 aromatic rings. The van der Waals surface area contributed by atoms with Crippen LogP contribution in [-0.4, -0.2) is 113 Å². The van der Waals surface area contributed by atoms with Gasteiger partial charge in [-0.25, -0.2) is 22.7 Å². The molecule has 0 saturated carbocycles. The lowest BCUT2D eigenvalue weighted by Crippen LogP contribution is -2.66. The highest BCUT2D eigenvalue weighted by Gasteiger charge is 2.45. The molecule has 1 amide bonds. The molecule has 3 saturated heterocycles. The third-order valence-corrected chi connectivity index (χ3v) is 10.8. The van der Waals surface area contributed by atoms with E-state index >= 15 is 0 Å². The third kappa shape index (κ3) is 5.95. The molecule has 1 aromatic carbocycles. The molecule has 2 atom stereocenters. The number of likely N-dealkylation sites (tertiary alicyclic amines) is 1. The average molecular weight is 569 g/mol. The van der Waals surface area contributed by atoms with Crippen LogP contribution < -0.4 is 0 Å². The van der Waals surface area contributed by atoms with E-state index < -0.39 is 10.0 Å². The molecule has 4 heterocycles. The standard InChI is InChI=1S/C30H44N6O3S/c1-22-18-34(30(4)11-13-33(14-12-30)29(37)28-23(2)31-21-32-24(28)3)15-16-36(22)27(17-25-9-7-6-8-10-25)26-19-35(20-26)40(5,38)39/h6-10,21-22,26-27H,11-20H2,1-5H3/t22?,27-/m0/s1. The summed E-state index contributed by atoms with van der Waals surface area (Å²) in [6, 6.07) is 11.3. The summed E-state index contributed by atoms with van der Waals surface area (Å²) in [6.07, 6.45) is 5.65. The maximum absolute atomic E-state index is 13.3. The van der Waals surface area contributed by atoms with Crippen LogP contribution in [0.5, 0.6) is 0 Å². The highest BCUT2D eigenvalue weighted by molar-refractivity contribution is 7.88. The van der Waals surface area contributed by atoms with Gasteiger partial charge in [-0.1, -0.05) is 30.3 Å². The zero-order chi connectivity index (χ0) is 28.7. The average Bonchev–Trinajstić information content (AvgIpc) is 2.87. The summed E-state index contributed by atoms with van der Waals surface area (Å²) in [5.74, 6) is 0.380. The lowest BCUT2D eigenvalue weighted by molar-refractivity contribution is -0.0479. The van der Waals surface area contributed by atoms with Gasteiger partial charge in [0.2, 0.25) is 10.0 Å². The van der Waals surface area contributed by atoms with Gasteiger partial charge in [0.15, 0.2) is 0 Å². The van der Waals surface area contributed by atoms with Crippen molar-refractivity contribution >= 4 is 15.9 Å². The molecule has 0 N–H and O–H groups in total. The van der Waals surface area contributed by atoms with Crippen molar-refractivity contribution in [1.29, 1.82) is 0 Å². The van der Waals surface area contributed by atoms with Crippen molar-refractivity contribution in [3.05, 3.63) is 59.2 Å². The summed E-state index contributed by atoms with van der Waals surface area (Å²) >= 11 is 0. The fourth-order valence-corrected chi connectivity index (χ4v) is 7.84. The van der Waals surface area contributed by atoms with Gasteiger partial charge in [0, 0.05) is 69.4 Å². The zero-order valence-corrected chi connectivity index (χ0v) is 25.4. The van der Waals surface area contributed by atoms with Crippen molar-refractivity contribution in [3.8, 4) is 0 Å². The molecule has 0 aliphatic carbocycles. The van der Waals surface area contributed by atoms with E-state index in [0.29, 0.717) is 36.7 Å². The van der Waals surface area contributed by atoms with Crippen molar-refractivity contribution < 1.29 is 13.2 Å². The Morgan fingerprint density at radius 1 is 1.00 bits per heavy atom.